The second-order valence-electron chi connectivity index (χ2n) is 5.40. The Balaban J connectivity index is 2.20. The summed E-state index contributed by atoms with van der Waals surface area (Å²) in [7, 11) is 0. The van der Waals surface area contributed by atoms with Gasteiger partial charge in [0.25, 0.3) is 5.91 Å². The maximum atomic E-state index is 12.6. The number of likely N-dealkylation sites (tertiary alicyclic amines) is 1. The first-order valence-corrected chi connectivity index (χ1v) is 7.43. The van der Waals surface area contributed by atoms with E-state index in [4.69, 9.17) is 5.73 Å². The zero-order chi connectivity index (χ0) is 14.5. The van der Waals surface area contributed by atoms with Gasteiger partial charge in [0.15, 0.2) is 5.69 Å². The van der Waals surface area contributed by atoms with Gasteiger partial charge in [-0.05, 0) is 19.3 Å². The molecule has 1 amide bonds. The molecule has 1 aliphatic rings. The van der Waals surface area contributed by atoms with Crippen LogP contribution in [0.3, 0.4) is 0 Å². The molecule has 1 aromatic heterocycles. The van der Waals surface area contributed by atoms with E-state index in [0.717, 1.165) is 44.2 Å². The van der Waals surface area contributed by atoms with Gasteiger partial charge in [-0.25, -0.2) is 0 Å². The van der Waals surface area contributed by atoms with Crippen molar-refractivity contribution in [2.75, 3.05) is 18.9 Å². The van der Waals surface area contributed by atoms with Gasteiger partial charge in [0.1, 0.15) is 0 Å². The van der Waals surface area contributed by atoms with E-state index in [2.05, 4.69) is 17.1 Å². The van der Waals surface area contributed by atoms with E-state index in [0.29, 0.717) is 17.9 Å². The Morgan fingerprint density at radius 1 is 1.50 bits per heavy atom. The summed E-state index contributed by atoms with van der Waals surface area (Å²) >= 11 is 0. The highest BCUT2D eigenvalue weighted by molar-refractivity contribution is 5.97. The molecule has 112 valence electrons. The van der Waals surface area contributed by atoms with E-state index in [1.165, 1.54) is 0 Å². The lowest BCUT2D eigenvalue weighted by Gasteiger charge is -2.28. The van der Waals surface area contributed by atoms with Gasteiger partial charge in [0.2, 0.25) is 0 Å². The van der Waals surface area contributed by atoms with Crippen LogP contribution in [0.4, 0.5) is 5.69 Å². The van der Waals surface area contributed by atoms with Crippen LogP contribution in [0.2, 0.25) is 0 Å². The highest BCUT2D eigenvalue weighted by Crippen LogP contribution is 2.22. The van der Waals surface area contributed by atoms with Crippen molar-refractivity contribution in [2.45, 2.75) is 51.5 Å². The largest absolute Gasteiger partial charge is 0.395 e. The number of hydrogen-bond acceptors (Lipinski definition) is 4. The quantitative estimate of drug-likeness (QED) is 0.775. The van der Waals surface area contributed by atoms with E-state index < -0.39 is 0 Å². The fourth-order valence-corrected chi connectivity index (χ4v) is 2.76. The lowest BCUT2D eigenvalue weighted by Crippen LogP contribution is -2.42. The van der Waals surface area contributed by atoms with Crippen molar-refractivity contribution in [1.29, 1.82) is 0 Å². The van der Waals surface area contributed by atoms with Crippen molar-refractivity contribution in [3.05, 3.63) is 11.4 Å². The molecule has 1 aromatic rings. The number of carbonyl (C=O) groups is 1. The summed E-state index contributed by atoms with van der Waals surface area (Å²) in [5.74, 6) is -0.165. The number of aliphatic hydroxyl groups excluding tert-OH is 1. The number of aliphatic hydroxyl groups is 1. The number of rotatable bonds is 4. The fraction of sp³-hybridized carbons (Fsp3) is 0.714. The molecular formula is C14H24N4O2. The first-order valence-electron chi connectivity index (χ1n) is 7.43. The van der Waals surface area contributed by atoms with E-state index >= 15 is 0 Å². The van der Waals surface area contributed by atoms with Crippen LogP contribution in [0.5, 0.6) is 0 Å². The number of nitrogens with two attached hydrogens (primary N) is 1. The summed E-state index contributed by atoms with van der Waals surface area (Å²) in [4.78, 5) is 14.3. The molecule has 2 heterocycles. The fourth-order valence-electron chi connectivity index (χ4n) is 2.76. The van der Waals surface area contributed by atoms with Crippen molar-refractivity contribution < 1.29 is 9.90 Å². The molecule has 0 aromatic carbocycles. The van der Waals surface area contributed by atoms with Gasteiger partial charge in [0, 0.05) is 6.54 Å². The summed E-state index contributed by atoms with van der Waals surface area (Å²) in [6.45, 7) is 2.72. The summed E-state index contributed by atoms with van der Waals surface area (Å²) < 4.78 is 0. The van der Waals surface area contributed by atoms with Crippen molar-refractivity contribution in [3.63, 3.8) is 0 Å². The number of amides is 1. The van der Waals surface area contributed by atoms with Crippen LogP contribution in [0.25, 0.3) is 0 Å². The third-order valence-electron chi connectivity index (χ3n) is 3.93. The number of aromatic amines is 1. The SMILES string of the molecule is CCCc1[nH]nc(C(=O)N2CCCCCC2CO)c1N. The molecule has 1 fully saturated rings. The Labute approximate surface area is 119 Å². The minimum atomic E-state index is -0.165. The molecule has 0 bridgehead atoms. The molecule has 4 N–H and O–H groups in total. The number of carbonyl (C=O) groups excluding carboxylic acids is 1. The third kappa shape index (κ3) is 2.95. The summed E-state index contributed by atoms with van der Waals surface area (Å²) in [5.41, 5.74) is 7.60. The molecular weight excluding hydrogens is 256 g/mol. The van der Waals surface area contributed by atoms with E-state index in [1.54, 1.807) is 4.90 Å². The van der Waals surface area contributed by atoms with Gasteiger partial charge in [-0.3, -0.25) is 9.89 Å². The number of aryl methyl sites for hydroxylation is 1. The maximum Gasteiger partial charge on any atom is 0.276 e. The van der Waals surface area contributed by atoms with Gasteiger partial charge in [-0.2, -0.15) is 5.10 Å². The predicted octanol–water partition coefficient (Wildman–Crippen LogP) is 1.32. The standard InChI is InChI=1S/C14H24N4O2/c1-2-6-11-12(15)13(17-16-11)14(20)18-8-5-3-4-7-10(18)9-19/h10,19H,2-9,15H2,1H3,(H,16,17). The molecule has 2 rings (SSSR count). The molecule has 6 heteroatoms. The average Bonchev–Trinajstić information content (AvgIpc) is 2.68. The van der Waals surface area contributed by atoms with Crippen molar-refractivity contribution in [2.24, 2.45) is 0 Å². The summed E-state index contributed by atoms with van der Waals surface area (Å²) in [6, 6.07) is -0.115. The monoisotopic (exact) mass is 280 g/mol. The Bertz CT molecular complexity index is 458. The maximum absolute atomic E-state index is 12.6. The Kier molecular flexibility index (Phi) is 5.00. The van der Waals surface area contributed by atoms with Crippen LogP contribution in [-0.2, 0) is 6.42 Å². The predicted molar refractivity (Wildman–Crippen MR) is 77.4 cm³/mol. The van der Waals surface area contributed by atoms with E-state index in [1.807, 2.05) is 0 Å². The second kappa shape index (κ2) is 6.74. The van der Waals surface area contributed by atoms with E-state index in [-0.39, 0.29) is 18.6 Å². The van der Waals surface area contributed by atoms with Crippen LogP contribution in [0.1, 0.15) is 55.2 Å². The summed E-state index contributed by atoms with van der Waals surface area (Å²) in [6.07, 6.45) is 5.69. The second-order valence-corrected chi connectivity index (χ2v) is 5.40. The van der Waals surface area contributed by atoms with Crippen LogP contribution in [0, 0.1) is 0 Å². The third-order valence-corrected chi connectivity index (χ3v) is 3.93. The van der Waals surface area contributed by atoms with Crippen molar-refractivity contribution >= 4 is 11.6 Å². The molecule has 1 atom stereocenters. The first kappa shape index (κ1) is 14.8. The molecule has 1 unspecified atom stereocenters. The van der Waals surface area contributed by atoms with Gasteiger partial charge < -0.3 is 15.7 Å². The van der Waals surface area contributed by atoms with Gasteiger partial charge in [0.05, 0.1) is 24.0 Å². The zero-order valence-electron chi connectivity index (χ0n) is 12.1. The highest BCUT2D eigenvalue weighted by Gasteiger charge is 2.29. The minimum Gasteiger partial charge on any atom is -0.395 e. The highest BCUT2D eigenvalue weighted by atomic mass is 16.3. The van der Waals surface area contributed by atoms with Crippen LogP contribution >= 0.6 is 0 Å². The number of H-pyrrole nitrogens is 1. The number of nitrogen functional groups attached to an aromatic ring is 1. The first-order chi connectivity index (χ1) is 9.69. The average molecular weight is 280 g/mol. The van der Waals surface area contributed by atoms with Crippen molar-refractivity contribution in [1.82, 2.24) is 15.1 Å². The van der Waals surface area contributed by atoms with Gasteiger partial charge in [-0.15, -0.1) is 0 Å². The van der Waals surface area contributed by atoms with Crippen molar-refractivity contribution in [3.8, 4) is 0 Å². The number of hydrogen-bond donors (Lipinski definition) is 3. The van der Waals surface area contributed by atoms with Crippen LogP contribution in [-0.4, -0.2) is 45.3 Å². The Morgan fingerprint density at radius 2 is 2.30 bits per heavy atom. The topological polar surface area (TPSA) is 95.2 Å². The minimum absolute atomic E-state index is 0.00210. The normalized spacial score (nSPS) is 19.9. The molecule has 20 heavy (non-hydrogen) atoms. The number of nitrogens with one attached hydrogen (secondary N) is 1. The molecule has 0 radical (unpaired) electrons. The lowest BCUT2D eigenvalue weighted by molar-refractivity contribution is 0.0595. The molecule has 6 nitrogen and oxygen atoms in total. The van der Waals surface area contributed by atoms with Crippen LogP contribution < -0.4 is 5.73 Å². The molecule has 1 aliphatic heterocycles. The number of nitrogens with zero attached hydrogens (tertiary/aromatic N) is 2. The lowest BCUT2D eigenvalue weighted by atomic mass is 10.1. The van der Waals surface area contributed by atoms with Gasteiger partial charge >= 0.3 is 0 Å². The van der Waals surface area contributed by atoms with E-state index in [9.17, 15) is 9.90 Å². The van der Waals surface area contributed by atoms with Gasteiger partial charge in [-0.1, -0.05) is 26.2 Å². The molecule has 0 aliphatic carbocycles. The Hall–Kier alpha value is -1.56. The number of aromatic nitrogens is 2. The summed E-state index contributed by atoms with van der Waals surface area (Å²) in [5, 5.41) is 16.4. The molecule has 0 spiro atoms. The zero-order valence-corrected chi connectivity index (χ0v) is 12.1. The molecule has 1 saturated heterocycles. The Morgan fingerprint density at radius 3 is 3.00 bits per heavy atom. The molecule has 0 saturated carbocycles. The number of anilines is 1. The van der Waals surface area contributed by atoms with Crippen LogP contribution in [0.15, 0.2) is 0 Å². The smallest absolute Gasteiger partial charge is 0.276 e.